The van der Waals surface area contributed by atoms with E-state index in [-0.39, 0.29) is 11.9 Å². The normalized spacial score (nSPS) is 16.9. The van der Waals surface area contributed by atoms with E-state index in [4.69, 9.17) is 0 Å². The molecular weight excluding hydrogens is 354 g/mol. The van der Waals surface area contributed by atoms with Crippen molar-refractivity contribution in [2.24, 2.45) is 0 Å². The van der Waals surface area contributed by atoms with Gasteiger partial charge in [-0.2, -0.15) is 0 Å². The van der Waals surface area contributed by atoms with Gasteiger partial charge >= 0.3 is 0 Å². The van der Waals surface area contributed by atoms with Crippen molar-refractivity contribution in [3.05, 3.63) is 82.8 Å². The van der Waals surface area contributed by atoms with Gasteiger partial charge in [-0.05, 0) is 60.7 Å². The molecular formula is C22H19N3OS. The highest BCUT2D eigenvalue weighted by Crippen LogP contribution is 2.35. The zero-order chi connectivity index (χ0) is 18.2. The first-order valence-corrected chi connectivity index (χ1v) is 10.1. The number of hydrogen-bond donors (Lipinski definition) is 0. The molecule has 0 N–H and O–H groups in total. The number of imidazole rings is 1. The molecule has 5 heteroatoms. The monoisotopic (exact) mass is 373 g/mol. The maximum atomic E-state index is 13.1. The number of para-hydroxylation sites is 2. The fourth-order valence-corrected chi connectivity index (χ4v) is 4.76. The number of hydrogen-bond acceptors (Lipinski definition) is 3. The molecule has 1 amide bonds. The highest BCUT2D eigenvalue weighted by molar-refractivity contribution is 7.10. The lowest BCUT2D eigenvalue weighted by molar-refractivity contribution is 0.0738. The summed E-state index contributed by atoms with van der Waals surface area (Å²) in [5, 5.41) is 2.08. The van der Waals surface area contributed by atoms with E-state index in [0.717, 1.165) is 41.7 Å². The van der Waals surface area contributed by atoms with Gasteiger partial charge in [-0.25, -0.2) is 4.98 Å². The third-order valence-electron chi connectivity index (χ3n) is 5.23. The van der Waals surface area contributed by atoms with Crippen LogP contribution in [0.25, 0.3) is 16.7 Å². The minimum atomic E-state index is 0.118. The second kappa shape index (κ2) is 6.67. The van der Waals surface area contributed by atoms with Crippen molar-refractivity contribution in [1.29, 1.82) is 0 Å². The number of carbonyl (C=O) groups is 1. The zero-order valence-electron chi connectivity index (χ0n) is 14.8. The molecule has 134 valence electrons. The molecule has 0 saturated carbocycles. The van der Waals surface area contributed by atoms with Crippen LogP contribution in [-0.4, -0.2) is 26.9 Å². The van der Waals surface area contributed by atoms with Gasteiger partial charge in [0.1, 0.15) is 6.33 Å². The standard InChI is InChI=1S/C22H19N3OS/c26-22(24-13-3-7-20(24)21-8-4-14-27-21)16-9-11-17(12-10-16)25-15-23-18-5-1-2-6-19(18)25/h1-2,4-6,8-12,14-15,20H,3,7,13H2. The van der Waals surface area contributed by atoms with Crippen molar-refractivity contribution in [3.63, 3.8) is 0 Å². The number of aromatic nitrogens is 2. The number of rotatable bonds is 3. The number of amides is 1. The lowest BCUT2D eigenvalue weighted by atomic mass is 10.1. The lowest BCUT2D eigenvalue weighted by Gasteiger charge is -2.24. The maximum absolute atomic E-state index is 13.1. The second-order valence-electron chi connectivity index (χ2n) is 6.82. The molecule has 0 spiro atoms. The number of benzene rings is 2. The minimum absolute atomic E-state index is 0.118. The Labute approximate surface area is 161 Å². The van der Waals surface area contributed by atoms with Crippen LogP contribution < -0.4 is 0 Å². The van der Waals surface area contributed by atoms with Crippen LogP contribution >= 0.6 is 11.3 Å². The third-order valence-corrected chi connectivity index (χ3v) is 6.20. The first kappa shape index (κ1) is 16.3. The number of nitrogens with zero attached hydrogens (tertiary/aromatic N) is 3. The Morgan fingerprint density at radius 3 is 2.70 bits per heavy atom. The number of fused-ring (bicyclic) bond motifs is 1. The molecule has 3 heterocycles. The van der Waals surface area contributed by atoms with Crippen LogP contribution in [0.1, 0.15) is 34.1 Å². The van der Waals surface area contributed by atoms with Gasteiger partial charge in [0, 0.05) is 22.7 Å². The summed E-state index contributed by atoms with van der Waals surface area (Å²) < 4.78 is 2.05. The van der Waals surface area contributed by atoms with Crippen molar-refractivity contribution in [1.82, 2.24) is 14.5 Å². The maximum Gasteiger partial charge on any atom is 0.254 e. The van der Waals surface area contributed by atoms with Crippen molar-refractivity contribution in [2.75, 3.05) is 6.54 Å². The van der Waals surface area contributed by atoms with Gasteiger partial charge < -0.3 is 4.90 Å². The van der Waals surface area contributed by atoms with E-state index >= 15 is 0 Å². The van der Waals surface area contributed by atoms with Crippen LogP contribution in [-0.2, 0) is 0 Å². The van der Waals surface area contributed by atoms with Gasteiger partial charge in [0.15, 0.2) is 0 Å². The number of thiophene rings is 1. The smallest absolute Gasteiger partial charge is 0.254 e. The van der Waals surface area contributed by atoms with Gasteiger partial charge in [0.25, 0.3) is 5.91 Å². The molecule has 2 aromatic heterocycles. The van der Waals surface area contributed by atoms with E-state index in [1.807, 2.05) is 58.3 Å². The molecule has 5 rings (SSSR count). The predicted octanol–water partition coefficient (Wildman–Crippen LogP) is 5.06. The van der Waals surface area contributed by atoms with Crippen LogP contribution in [0.2, 0.25) is 0 Å². The molecule has 1 aliphatic heterocycles. The molecule has 4 nitrogen and oxygen atoms in total. The van der Waals surface area contributed by atoms with E-state index in [1.54, 1.807) is 11.3 Å². The van der Waals surface area contributed by atoms with E-state index in [0.29, 0.717) is 0 Å². The summed E-state index contributed by atoms with van der Waals surface area (Å²) in [6.45, 7) is 0.829. The molecule has 27 heavy (non-hydrogen) atoms. The Morgan fingerprint density at radius 1 is 1.04 bits per heavy atom. The van der Waals surface area contributed by atoms with Crippen LogP contribution in [0, 0.1) is 0 Å². The Morgan fingerprint density at radius 2 is 1.89 bits per heavy atom. The molecule has 0 aliphatic carbocycles. The minimum Gasteiger partial charge on any atom is -0.331 e. The molecule has 4 aromatic rings. The molecule has 1 atom stereocenters. The van der Waals surface area contributed by atoms with Gasteiger partial charge in [0.2, 0.25) is 0 Å². The SMILES string of the molecule is O=C(c1ccc(-n2cnc3ccccc32)cc1)N1CCCC1c1cccs1. The topological polar surface area (TPSA) is 38.1 Å². The lowest BCUT2D eigenvalue weighted by Crippen LogP contribution is -2.30. The van der Waals surface area contributed by atoms with Crippen molar-refractivity contribution >= 4 is 28.3 Å². The molecule has 1 unspecified atom stereocenters. The fraction of sp³-hybridized carbons (Fsp3) is 0.182. The largest absolute Gasteiger partial charge is 0.331 e. The second-order valence-corrected chi connectivity index (χ2v) is 7.80. The van der Waals surface area contributed by atoms with Gasteiger partial charge in [-0.3, -0.25) is 9.36 Å². The summed E-state index contributed by atoms with van der Waals surface area (Å²) in [7, 11) is 0. The summed E-state index contributed by atoms with van der Waals surface area (Å²) >= 11 is 1.73. The van der Waals surface area contributed by atoms with Gasteiger partial charge in [-0.15, -0.1) is 11.3 Å². The Hall–Kier alpha value is -2.92. The Kier molecular flexibility index (Phi) is 4.02. The Bertz CT molecular complexity index is 1080. The zero-order valence-corrected chi connectivity index (χ0v) is 15.6. The summed E-state index contributed by atoms with van der Waals surface area (Å²) in [6.07, 6.45) is 3.94. The van der Waals surface area contributed by atoms with Crippen molar-refractivity contribution in [3.8, 4) is 5.69 Å². The average Bonchev–Trinajstić information content (AvgIpc) is 3.47. The van der Waals surface area contributed by atoms with Gasteiger partial charge in [-0.1, -0.05) is 18.2 Å². The molecule has 0 radical (unpaired) electrons. The highest BCUT2D eigenvalue weighted by Gasteiger charge is 2.31. The van der Waals surface area contributed by atoms with E-state index in [9.17, 15) is 4.79 Å². The summed E-state index contributed by atoms with van der Waals surface area (Å²) in [4.78, 5) is 20.8. The number of likely N-dealkylation sites (tertiary alicyclic amines) is 1. The predicted molar refractivity (Wildman–Crippen MR) is 108 cm³/mol. The molecule has 1 aliphatic rings. The quantitative estimate of drug-likeness (QED) is 0.503. The van der Waals surface area contributed by atoms with E-state index in [1.165, 1.54) is 4.88 Å². The van der Waals surface area contributed by atoms with Crippen LogP contribution in [0.5, 0.6) is 0 Å². The van der Waals surface area contributed by atoms with Crippen LogP contribution in [0.15, 0.2) is 72.4 Å². The summed E-state index contributed by atoms with van der Waals surface area (Å²) in [5.41, 5.74) is 3.78. The Balaban J connectivity index is 1.42. The number of carbonyl (C=O) groups excluding carboxylic acids is 1. The fourth-order valence-electron chi connectivity index (χ4n) is 3.88. The van der Waals surface area contributed by atoms with Crippen molar-refractivity contribution < 1.29 is 4.79 Å². The first-order valence-electron chi connectivity index (χ1n) is 9.18. The molecule has 1 saturated heterocycles. The first-order chi connectivity index (χ1) is 13.3. The molecule has 0 bridgehead atoms. The van der Waals surface area contributed by atoms with Crippen molar-refractivity contribution in [2.45, 2.75) is 18.9 Å². The summed E-state index contributed by atoms with van der Waals surface area (Å²) in [6, 6.07) is 20.3. The van der Waals surface area contributed by atoms with Gasteiger partial charge in [0.05, 0.1) is 17.1 Å². The summed E-state index contributed by atoms with van der Waals surface area (Å²) in [5.74, 6) is 0.118. The molecule has 2 aromatic carbocycles. The molecule has 1 fully saturated rings. The van der Waals surface area contributed by atoms with Crippen LogP contribution in [0.4, 0.5) is 0 Å². The highest BCUT2D eigenvalue weighted by atomic mass is 32.1. The van der Waals surface area contributed by atoms with E-state index in [2.05, 4.69) is 28.6 Å². The van der Waals surface area contributed by atoms with E-state index < -0.39 is 0 Å². The van der Waals surface area contributed by atoms with Crippen LogP contribution in [0.3, 0.4) is 0 Å². The average molecular weight is 373 g/mol. The third kappa shape index (κ3) is 2.84.